The minimum absolute atomic E-state index is 0.0727. The molecule has 0 aliphatic carbocycles. The minimum Gasteiger partial charge on any atom is -0.490 e. The molecule has 9 heteroatoms. The van der Waals surface area contributed by atoms with E-state index in [1.165, 1.54) is 0 Å². The van der Waals surface area contributed by atoms with Gasteiger partial charge in [0.25, 0.3) is 5.91 Å². The van der Waals surface area contributed by atoms with Crippen LogP contribution in [0, 0.1) is 6.92 Å². The van der Waals surface area contributed by atoms with Gasteiger partial charge in [-0.25, -0.2) is 4.79 Å². The summed E-state index contributed by atoms with van der Waals surface area (Å²) in [6.45, 7) is 2.21. The van der Waals surface area contributed by atoms with Gasteiger partial charge in [0.1, 0.15) is 18.5 Å². The van der Waals surface area contributed by atoms with Crippen LogP contribution < -0.4 is 20.7 Å². The summed E-state index contributed by atoms with van der Waals surface area (Å²) in [5.74, 6) is 0.147. The van der Waals surface area contributed by atoms with E-state index in [-0.39, 0.29) is 43.1 Å². The molecule has 2 aliphatic rings. The average Bonchev–Trinajstić information content (AvgIpc) is 2.81. The van der Waals surface area contributed by atoms with Gasteiger partial charge in [0.2, 0.25) is 5.91 Å². The maximum absolute atomic E-state index is 13.3. The van der Waals surface area contributed by atoms with Crippen molar-refractivity contribution in [1.29, 1.82) is 0 Å². The largest absolute Gasteiger partial charge is 0.490 e. The number of benzene rings is 2. The Kier molecular flexibility index (Phi) is 7.02. The van der Waals surface area contributed by atoms with Crippen LogP contribution in [-0.4, -0.2) is 61.7 Å². The van der Waals surface area contributed by atoms with E-state index in [4.69, 9.17) is 9.47 Å². The van der Waals surface area contributed by atoms with Crippen molar-refractivity contribution < 1.29 is 23.9 Å². The van der Waals surface area contributed by atoms with Crippen molar-refractivity contribution in [3.05, 3.63) is 53.6 Å². The van der Waals surface area contributed by atoms with E-state index in [0.717, 1.165) is 5.56 Å². The molecular weight excluding hydrogens is 436 g/mol. The second kappa shape index (κ2) is 10.1. The predicted octanol–water partition coefficient (Wildman–Crippen LogP) is 3.16. The summed E-state index contributed by atoms with van der Waals surface area (Å²) in [4.78, 5) is 39.2. The fraction of sp³-hybridized carbons (Fsp3) is 0.400. The number of urea groups is 1. The summed E-state index contributed by atoms with van der Waals surface area (Å²) in [5, 5.41) is 8.19. The number of carbonyl (C=O) groups is 3. The number of carbonyl (C=O) groups excluding carboxylic acids is 3. The molecule has 2 aromatic rings. The summed E-state index contributed by atoms with van der Waals surface area (Å²) in [7, 11) is 3.35. The second-order valence-electron chi connectivity index (χ2n) is 8.71. The zero-order valence-corrected chi connectivity index (χ0v) is 19.6. The first-order valence-corrected chi connectivity index (χ1v) is 11.4. The van der Waals surface area contributed by atoms with Gasteiger partial charge in [-0.05, 0) is 55.7 Å². The number of rotatable bonds is 4. The molecule has 0 radical (unpaired) electrons. The fourth-order valence-corrected chi connectivity index (χ4v) is 4.43. The average molecular weight is 467 g/mol. The maximum atomic E-state index is 13.3. The van der Waals surface area contributed by atoms with Gasteiger partial charge in [0.15, 0.2) is 0 Å². The van der Waals surface area contributed by atoms with Gasteiger partial charge in [-0.15, -0.1) is 0 Å². The first-order valence-electron chi connectivity index (χ1n) is 11.4. The van der Waals surface area contributed by atoms with Gasteiger partial charge in [-0.2, -0.15) is 0 Å². The van der Waals surface area contributed by atoms with Crippen LogP contribution >= 0.6 is 0 Å². The molecule has 2 aromatic carbocycles. The van der Waals surface area contributed by atoms with Crippen LogP contribution in [0.25, 0.3) is 0 Å². The van der Waals surface area contributed by atoms with Crippen molar-refractivity contribution in [2.45, 2.75) is 44.4 Å². The number of likely N-dealkylation sites (N-methyl/N-ethyl adjacent to an activating group) is 1. The van der Waals surface area contributed by atoms with Crippen LogP contribution in [-0.2, 0) is 9.53 Å². The Labute approximate surface area is 198 Å². The van der Waals surface area contributed by atoms with Crippen molar-refractivity contribution in [1.82, 2.24) is 10.2 Å². The normalized spacial score (nSPS) is 21.8. The van der Waals surface area contributed by atoms with Gasteiger partial charge in [-0.1, -0.05) is 12.1 Å². The Balaban J connectivity index is 1.47. The second-order valence-corrected chi connectivity index (χ2v) is 8.71. The van der Waals surface area contributed by atoms with E-state index in [1.807, 2.05) is 25.1 Å². The third-order valence-electron chi connectivity index (χ3n) is 6.24. The highest BCUT2D eigenvalue weighted by molar-refractivity contribution is 6.02. The number of nitrogens with one attached hydrogen (secondary N) is 3. The number of fused-ring (bicyclic) bond motifs is 2. The van der Waals surface area contributed by atoms with E-state index in [1.54, 1.807) is 43.3 Å². The van der Waals surface area contributed by atoms with E-state index in [2.05, 4.69) is 16.0 Å². The molecule has 0 spiro atoms. The number of nitrogens with zero attached hydrogens (tertiary/aromatic N) is 1. The topological polar surface area (TPSA) is 109 Å². The van der Waals surface area contributed by atoms with E-state index >= 15 is 0 Å². The number of anilines is 2. The monoisotopic (exact) mass is 466 g/mol. The molecule has 2 aliphatic heterocycles. The molecular formula is C25H30N4O5. The summed E-state index contributed by atoms with van der Waals surface area (Å²) >= 11 is 0. The van der Waals surface area contributed by atoms with Crippen molar-refractivity contribution in [2.24, 2.45) is 0 Å². The standard InChI is InChI=1S/C25H30N4O5/c1-15-5-4-6-16(11-15)27-25(32)28-17-7-10-21-19(12-17)24(31)29(3)20-9-8-18(13-23(30)26-2)34-22(20)14-33-21/h4-7,10-12,18,20,22H,8-9,13-14H2,1-3H3,(H,26,30)(H2,27,28,32)/t18-,20+,22+/m1/s1. The Morgan fingerprint density at radius 2 is 1.85 bits per heavy atom. The molecule has 0 unspecified atom stereocenters. The number of amides is 4. The highest BCUT2D eigenvalue weighted by atomic mass is 16.5. The van der Waals surface area contributed by atoms with E-state index in [0.29, 0.717) is 35.5 Å². The van der Waals surface area contributed by atoms with Gasteiger partial charge < -0.3 is 30.3 Å². The maximum Gasteiger partial charge on any atom is 0.323 e. The Hall–Kier alpha value is -3.59. The van der Waals surface area contributed by atoms with Crippen LogP contribution in [0.1, 0.15) is 35.2 Å². The van der Waals surface area contributed by atoms with Crippen LogP contribution in [0.5, 0.6) is 5.75 Å². The summed E-state index contributed by atoms with van der Waals surface area (Å²) in [6.07, 6.45) is 1.14. The summed E-state index contributed by atoms with van der Waals surface area (Å²) in [6, 6.07) is 11.9. The molecule has 4 rings (SSSR count). The molecule has 34 heavy (non-hydrogen) atoms. The number of hydrogen-bond donors (Lipinski definition) is 3. The van der Waals surface area contributed by atoms with Crippen LogP contribution in [0.15, 0.2) is 42.5 Å². The van der Waals surface area contributed by atoms with Gasteiger partial charge in [-0.3, -0.25) is 9.59 Å². The highest BCUT2D eigenvalue weighted by Crippen LogP contribution is 2.32. The molecule has 0 bridgehead atoms. The lowest BCUT2D eigenvalue weighted by atomic mass is 9.94. The molecule has 0 aromatic heterocycles. The third kappa shape index (κ3) is 5.31. The lowest BCUT2D eigenvalue weighted by Crippen LogP contribution is -2.53. The Morgan fingerprint density at radius 3 is 2.59 bits per heavy atom. The molecule has 180 valence electrons. The molecule has 3 N–H and O–H groups in total. The first-order chi connectivity index (χ1) is 16.3. The van der Waals surface area contributed by atoms with Crippen LogP contribution in [0.2, 0.25) is 0 Å². The SMILES string of the molecule is CNC(=O)C[C@H]1CC[C@H]2[C@H](COc3ccc(NC(=O)Nc4cccc(C)c4)cc3C(=O)N2C)O1. The van der Waals surface area contributed by atoms with E-state index < -0.39 is 6.03 Å². The predicted molar refractivity (Wildman–Crippen MR) is 128 cm³/mol. The molecule has 9 nitrogen and oxygen atoms in total. The molecule has 1 fully saturated rings. The number of hydrogen-bond acceptors (Lipinski definition) is 5. The van der Waals surface area contributed by atoms with Crippen molar-refractivity contribution in [3.8, 4) is 5.75 Å². The molecule has 4 amide bonds. The van der Waals surface area contributed by atoms with Crippen LogP contribution in [0.4, 0.5) is 16.2 Å². The Morgan fingerprint density at radius 1 is 1.09 bits per heavy atom. The van der Waals surface area contributed by atoms with Crippen LogP contribution in [0.3, 0.4) is 0 Å². The first kappa shape index (κ1) is 23.6. The third-order valence-corrected chi connectivity index (χ3v) is 6.24. The molecule has 1 saturated heterocycles. The summed E-state index contributed by atoms with van der Waals surface area (Å²) < 4.78 is 12.1. The number of aryl methyl sites for hydroxylation is 1. The number of ether oxygens (including phenoxy) is 2. The van der Waals surface area contributed by atoms with Crippen molar-refractivity contribution >= 4 is 29.2 Å². The fourth-order valence-electron chi connectivity index (χ4n) is 4.43. The zero-order valence-electron chi connectivity index (χ0n) is 19.6. The Bertz CT molecular complexity index is 1090. The van der Waals surface area contributed by atoms with Gasteiger partial charge >= 0.3 is 6.03 Å². The van der Waals surface area contributed by atoms with Crippen molar-refractivity contribution in [3.63, 3.8) is 0 Å². The molecule has 0 saturated carbocycles. The quantitative estimate of drug-likeness (QED) is 0.641. The minimum atomic E-state index is -0.402. The molecule has 3 atom stereocenters. The van der Waals surface area contributed by atoms with Crippen molar-refractivity contribution in [2.75, 3.05) is 31.3 Å². The van der Waals surface area contributed by atoms with E-state index in [9.17, 15) is 14.4 Å². The highest BCUT2D eigenvalue weighted by Gasteiger charge is 2.39. The smallest absolute Gasteiger partial charge is 0.323 e. The van der Waals surface area contributed by atoms with Gasteiger partial charge in [0, 0.05) is 25.5 Å². The summed E-state index contributed by atoms with van der Waals surface area (Å²) in [5.41, 5.74) is 2.58. The van der Waals surface area contributed by atoms with Gasteiger partial charge in [0.05, 0.1) is 24.1 Å². The lowest BCUT2D eigenvalue weighted by molar-refractivity contribution is -0.133. The lowest BCUT2D eigenvalue weighted by Gasteiger charge is -2.42. The molecule has 2 heterocycles. The zero-order chi connectivity index (χ0) is 24.2.